The van der Waals surface area contributed by atoms with E-state index in [0.717, 1.165) is 22.3 Å². The Bertz CT molecular complexity index is 1190. The van der Waals surface area contributed by atoms with Crippen LogP contribution in [-0.4, -0.2) is 57.9 Å². The summed E-state index contributed by atoms with van der Waals surface area (Å²) in [6.45, 7) is 3.36. The van der Waals surface area contributed by atoms with Crippen LogP contribution < -0.4 is 0 Å². The van der Waals surface area contributed by atoms with Crippen LogP contribution in [0.3, 0.4) is 0 Å². The van der Waals surface area contributed by atoms with E-state index in [1.165, 1.54) is 0 Å². The Balaban J connectivity index is 1.29. The first-order valence-corrected chi connectivity index (χ1v) is 15.5. The summed E-state index contributed by atoms with van der Waals surface area (Å²) in [5.41, 5.74) is 13.6. The lowest BCUT2D eigenvalue weighted by Gasteiger charge is -2.23. The number of rotatable bonds is 23. The minimum atomic E-state index is -0.568. The highest BCUT2D eigenvalue weighted by Crippen LogP contribution is 2.10. The van der Waals surface area contributed by atoms with E-state index < -0.39 is 6.04 Å². The molecule has 0 amide bonds. The number of hydrogen-bond acceptors (Lipinski definition) is 7. The maximum absolute atomic E-state index is 9.29. The van der Waals surface area contributed by atoms with Gasteiger partial charge in [-0.2, -0.15) is 0 Å². The van der Waals surface area contributed by atoms with Gasteiger partial charge in [0, 0.05) is 4.91 Å². The SMILES string of the molecule is [N-]=[N+]=NC(COC(COCc1ccccc1)COCc1ccccc1)COC(COCc1ccccc1)COCc1ccccc1. The summed E-state index contributed by atoms with van der Waals surface area (Å²) in [6.07, 6.45) is -0.744. The van der Waals surface area contributed by atoms with Gasteiger partial charge in [0.25, 0.3) is 0 Å². The van der Waals surface area contributed by atoms with Crippen molar-refractivity contribution in [2.45, 2.75) is 44.7 Å². The normalized spacial score (nSPS) is 11.3. The van der Waals surface area contributed by atoms with Gasteiger partial charge < -0.3 is 28.4 Å². The first-order valence-electron chi connectivity index (χ1n) is 15.5. The van der Waals surface area contributed by atoms with Crippen LogP contribution in [0, 0.1) is 0 Å². The summed E-state index contributed by atoms with van der Waals surface area (Å²) in [5, 5.41) is 3.95. The number of benzene rings is 4. The van der Waals surface area contributed by atoms with Crippen molar-refractivity contribution >= 4 is 0 Å². The second-order valence-electron chi connectivity index (χ2n) is 10.8. The average Bonchev–Trinajstić information content (AvgIpc) is 3.10. The first kappa shape index (κ1) is 34.8. The lowest BCUT2D eigenvalue weighted by molar-refractivity contribution is -0.0902. The quantitative estimate of drug-likeness (QED) is 0.0487. The Morgan fingerprint density at radius 1 is 0.435 bits per heavy atom. The molecule has 0 radical (unpaired) electrons. The van der Waals surface area contributed by atoms with E-state index >= 15 is 0 Å². The predicted molar refractivity (Wildman–Crippen MR) is 177 cm³/mol. The summed E-state index contributed by atoms with van der Waals surface area (Å²) in [7, 11) is 0. The minimum absolute atomic E-state index is 0.139. The van der Waals surface area contributed by atoms with Gasteiger partial charge in [0.1, 0.15) is 12.2 Å². The van der Waals surface area contributed by atoms with Crippen LogP contribution in [0.1, 0.15) is 22.3 Å². The second-order valence-corrected chi connectivity index (χ2v) is 10.8. The maximum atomic E-state index is 9.29. The Hall–Kier alpha value is -4.05. The Labute approximate surface area is 271 Å². The number of azide groups is 1. The van der Waals surface area contributed by atoms with Crippen LogP contribution in [0.5, 0.6) is 0 Å². The average molecular weight is 626 g/mol. The molecule has 9 nitrogen and oxygen atoms in total. The van der Waals surface area contributed by atoms with E-state index in [4.69, 9.17) is 28.4 Å². The molecule has 0 saturated carbocycles. The monoisotopic (exact) mass is 625 g/mol. The molecule has 0 atom stereocenters. The van der Waals surface area contributed by atoms with Gasteiger partial charge >= 0.3 is 0 Å². The molecule has 0 heterocycles. The van der Waals surface area contributed by atoms with Crippen molar-refractivity contribution in [3.05, 3.63) is 154 Å². The van der Waals surface area contributed by atoms with E-state index in [2.05, 4.69) is 10.0 Å². The third-order valence-corrected chi connectivity index (χ3v) is 6.92. The molecule has 242 valence electrons. The van der Waals surface area contributed by atoms with Crippen molar-refractivity contribution in [1.29, 1.82) is 0 Å². The zero-order chi connectivity index (χ0) is 31.9. The van der Waals surface area contributed by atoms with Crippen LogP contribution in [0.2, 0.25) is 0 Å². The van der Waals surface area contributed by atoms with E-state index in [1.807, 2.05) is 121 Å². The minimum Gasteiger partial charge on any atom is -0.374 e. The lowest BCUT2D eigenvalue weighted by atomic mass is 10.2. The summed E-state index contributed by atoms with van der Waals surface area (Å²) in [5.74, 6) is 0. The van der Waals surface area contributed by atoms with Crippen molar-refractivity contribution in [3.63, 3.8) is 0 Å². The molecule has 0 aromatic heterocycles. The molecule has 0 bridgehead atoms. The van der Waals surface area contributed by atoms with Crippen LogP contribution in [0.4, 0.5) is 0 Å². The third kappa shape index (κ3) is 14.4. The molecule has 9 heteroatoms. The smallest absolute Gasteiger partial charge is 0.104 e. The molecule has 0 unspecified atom stereocenters. The van der Waals surface area contributed by atoms with Crippen molar-refractivity contribution in [2.75, 3.05) is 39.6 Å². The molecule has 0 fully saturated rings. The van der Waals surface area contributed by atoms with Crippen molar-refractivity contribution in [3.8, 4) is 0 Å². The highest BCUT2D eigenvalue weighted by Gasteiger charge is 2.18. The first-order chi connectivity index (χ1) is 22.8. The third-order valence-electron chi connectivity index (χ3n) is 6.92. The molecule has 46 heavy (non-hydrogen) atoms. The molecule has 4 rings (SSSR count). The van der Waals surface area contributed by atoms with Crippen molar-refractivity contribution in [1.82, 2.24) is 0 Å². The lowest BCUT2D eigenvalue weighted by Crippen LogP contribution is -2.33. The van der Waals surface area contributed by atoms with Crippen LogP contribution in [0.25, 0.3) is 10.4 Å². The van der Waals surface area contributed by atoms with E-state index in [1.54, 1.807) is 0 Å². The Morgan fingerprint density at radius 2 is 0.717 bits per heavy atom. The fraction of sp³-hybridized carbons (Fsp3) is 0.351. The maximum Gasteiger partial charge on any atom is 0.104 e. The van der Waals surface area contributed by atoms with E-state index in [-0.39, 0.29) is 25.4 Å². The molecule has 0 aliphatic carbocycles. The topological polar surface area (TPSA) is 104 Å². The molecule has 0 aliphatic rings. The van der Waals surface area contributed by atoms with Crippen molar-refractivity contribution < 1.29 is 28.4 Å². The van der Waals surface area contributed by atoms with Crippen LogP contribution in [-0.2, 0) is 54.8 Å². The summed E-state index contributed by atoms with van der Waals surface area (Å²) < 4.78 is 36.2. The van der Waals surface area contributed by atoms with Gasteiger partial charge in [-0.05, 0) is 27.8 Å². The highest BCUT2D eigenvalue weighted by atomic mass is 16.6. The number of nitrogens with zero attached hydrogens (tertiary/aromatic N) is 3. The fourth-order valence-corrected chi connectivity index (χ4v) is 4.50. The van der Waals surface area contributed by atoms with Gasteiger partial charge in [0.2, 0.25) is 0 Å². The molecule has 0 N–H and O–H groups in total. The Kier molecular flexibility index (Phi) is 16.4. The summed E-state index contributed by atoms with van der Waals surface area (Å²) in [6, 6.07) is 39.3. The number of hydrogen-bond donors (Lipinski definition) is 0. The molecule has 0 saturated heterocycles. The van der Waals surface area contributed by atoms with Gasteiger partial charge in [-0.15, -0.1) is 0 Å². The largest absolute Gasteiger partial charge is 0.374 e. The molecule has 0 spiro atoms. The van der Waals surface area contributed by atoms with Gasteiger partial charge in [0.15, 0.2) is 0 Å². The van der Waals surface area contributed by atoms with E-state index in [0.29, 0.717) is 52.9 Å². The Morgan fingerprint density at radius 3 is 0.978 bits per heavy atom. The van der Waals surface area contributed by atoms with Gasteiger partial charge in [0.05, 0.1) is 72.1 Å². The van der Waals surface area contributed by atoms with Gasteiger partial charge in [-0.3, -0.25) is 0 Å². The standard InChI is InChI=1S/C37H43N3O6/c38-40-39-35(25-45-36(27-41-21-31-13-5-1-6-14-31)28-42-22-32-15-7-2-8-16-32)26-46-37(29-43-23-33-17-9-3-10-18-33)30-44-24-34-19-11-4-12-20-34/h1-20,35-37H,21-30H2. The second kappa shape index (κ2) is 21.6. The molecule has 0 aliphatic heterocycles. The molecule has 4 aromatic rings. The summed E-state index contributed by atoms with van der Waals surface area (Å²) >= 11 is 0. The zero-order valence-corrected chi connectivity index (χ0v) is 26.1. The van der Waals surface area contributed by atoms with Crippen molar-refractivity contribution in [2.24, 2.45) is 5.11 Å². The van der Waals surface area contributed by atoms with E-state index in [9.17, 15) is 5.53 Å². The molecular formula is C37H43N3O6. The molecular weight excluding hydrogens is 582 g/mol. The zero-order valence-electron chi connectivity index (χ0n) is 26.1. The van der Waals surface area contributed by atoms with Crippen LogP contribution >= 0.6 is 0 Å². The molecule has 4 aromatic carbocycles. The van der Waals surface area contributed by atoms with Crippen LogP contribution in [0.15, 0.2) is 126 Å². The van der Waals surface area contributed by atoms with Gasteiger partial charge in [-0.1, -0.05) is 126 Å². The fourth-order valence-electron chi connectivity index (χ4n) is 4.50. The van der Waals surface area contributed by atoms with Gasteiger partial charge in [-0.25, -0.2) is 0 Å². The highest BCUT2D eigenvalue weighted by molar-refractivity contribution is 5.15. The number of ether oxygens (including phenoxy) is 6. The summed E-state index contributed by atoms with van der Waals surface area (Å²) in [4.78, 5) is 3.04. The predicted octanol–water partition coefficient (Wildman–Crippen LogP) is 7.30.